The third kappa shape index (κ3) is 2.57. The monoisotopic (exact) mass is 230 g/mol. The summed E-state index contributed by atoms with van der Waals surface area (Å²) in [5.41, 5.74) is -1.04. The smallest absolute Gasteiger partial charge is 0.164 e. The molecule has 0 heterocycles. The highest BCUT2D eigenvalue weighted by Crippen LogP contribution is 2.30. The van der Waals surface area contributed by atoms with E-state index in [9.17, 15) is 13.9 Å². The third-order valence-electron chi connectivity index (χ3n) is 2.45. The summed E-state index contributed by atoms with van der Waals surface area (Å²) in [5, 5.41) is 9.95. The molecule has 0 amide bonds. The number of hydrogen-bond acceptors (Lipinski definition) is 2. The minimum Gasteiger partial charge on any atom is -0.385 e. The van der Waals surface area contributed by atoms with Crippen molar-refractivity contribution in [2.75, 3.05) is 6.61 Å². The van der Waals surface area contributed by atoms with Gasteiger partial charge in [-0.3, -0.25) is 0 Å². The molecule has 0 aliphatic heterocycles. The van der Waals surface area contributed by atoms with Crippen LogP contribution in [0, 0.1) is 11.6 Å². The van der Waals surface area contributed by atoms with Gasteiger partial charge in [-0.1, -0.05) is 12.1 Å². The summed E-state index contributed by atoms with van der Waals surface area (Å²) in [6.07, 6.45) is -1.21. The second-order valence-electron chi connectivity index (χ2n) is 4.08. The lowest BCUT2D eigenvalue weighted by Gasteiger charge is -2.30. The van der Waals surface area contributed by atoms with Crippen LogP contribution in [0.25, 0.3) is 0 Å². The number of rotatable bonds is 4. The van der Waals surface area contributed by atoms with Crippen LogP contribution in [0.2, 0.25) is 0 Å². The van der Waals surface area contributed by atoms with E-state index in [4.69, 9.17) is 4.74 Å². The molecule has 0 aromatic heterocycles. The second kappa shape index (κ2) is 4.89. The van der Waals surface area contributed by atoms with Gasteiger partial charge in [-0.2, -0.15) is 0 Å². The predicted molar refractivity (Wildman–Crippen MR) is 57.0 cm³/mol. The van der Waals surface area contributed by atoms with Gasteiger partial charge in [-0.25, -0.2) is 8.78 Å². The van der Waals surface area contributed by atoms with Gasteiger partial charge in [0.2, 0.25) is 0 Å². The van der Waals surface area contributed by atoms with Crippen LogP contribution in [-0.2, 0) is 4.74 Å². The topological polar surface area (TPSA) is 29.5 Å². The van der Waals surface area contributed by atoms with Crippen LogP contribution in [0.1, 0.15) is 32.4 Å². The summed E-state index contributed by atoms with van der Waals surface area (Å²) in [6.45, 7) is 5.43. The van der Waals surface area contributed by atoms with Gasteiger partial charge in [-0.05, 0) is 26.8 Å². The molecule has 1 unspecified atom stereocenters. The molecule has 90 valence electrons. The predicted octanol–water partition coefficient (Wildman–Crippen LogP) is 2.81. The maximum Gasteiger partial charge on any atom is 0.164 e. The van der Waals surface area contributed by atoms with E-state index in [0.717, 1.165) is 6.07 Å². The van der Waals surface area contributed by atoms with Crippen LogP contribution in [0.4, 0.5) is 8.78 Å². The van der Waals surface area contributed by atoms with Crippen molar-refractivity contribution >= 4 is 0 Å². The first-order valence-electron chi connectivity index (χ1n) is 5.16. The maximum atomic E-state index is 13.4. The molecule has 2 nitrogen and oxygen atoms in total. The average Bonchev–Trinajstić information content (AvgIpc) is 2.21. The van der Waals surface area contributed by atoms with E-state index in [0.29, 0.717) is 6.61 Å². The van der Waals surface area contributed by atoms with Crippen molar-refractivity contribution in [1.29, 1.82) is 0 Å². The van der Waals surface area contributed by atoms with E-state index in [1.165, 1.54) is 12.1 Å². The molecule has 1 N–H and O–H groups in total. The van der Waals surface area contributed by atoms with Gasteiger partial charge < -0.3 is 9.84 Å². The van der Waals surface area contributed by atoms with Crippen LogP contribution in [0.5, 0.6) is 0 Å². The Bertz CT molecular complexity index is 364. The highest BCUT2D eigenvalue weighted by molar-refractivity contribution is 5.23. The fourth-order valence-corrected chi connectivity index (χ4v) is 1.56. The molecule has 16 heavy (non-hydrogen) atoms. The lowest BCUT2D eigenvalue weighted by molar-refractivity contribution is -0.0995. The number of benzene rings is 1. The van der Waals surface area contributed by atoms with Crippen molar-refractivity contribution in [2.45, 2.75) is 32.5 Å². The first-order chi connectivity index (χ1) is 7.40. The van der Waals surface area contributed by atoms with Crippen molar-refractivity contribution in [3.63, 3.8) is 0 Å². The SMILES string of the molecule is CCOC(C)(C)C(O)c1cccc(F)c1F. The molecule has 1 rings (SSSR count). The van der Waals surface area contributed by atoms with E-state index < -0.39 is 23.3 Å². The van der Waals surface area contributed by atoms with E-state index in [1.54, 1.807) is 20.8 Å². The molecule has 1 atom stereocenters. The van der Waals surface area contributed by atoms with Crippen molar-refractivity contribution in [2.24, 2.45) is 0 Å². The Labute approximate surface area is 93.9 Å². The Balaban J connectivity index is 3.04. The van der Waals surface area contributed by atoms with Gasteiger partial charge in [0.05, 0.1) is 5.60 Å². The summed E-state index contributed by atoms with van der Waals surface area (Å²) in [5.74, 6) is -1.99. The Morgan fingerprint density at radius 3 is 2.56 bits per heavy atom. The summed E-state index contributed by atoms with van der Waals surface area (Å²) < 4.78 is 31.7. The van der Waals surface area contributed by atoms with Gasteiger partial charge in [0.25, 0.3) is 0 Å². The molecule has 0 radical (unpaired) electrons. The Kier molecular flexibility index (Phi) is 3.99. The van der Waals surface area contributed by atoms with Gasteiger partial charge in [-0.15, -0.1) is 0 Å². The molecule has 0 aliphatic carbocycles. The largest absolute Gasteiger partial charge is 0.385 e. The molecule has 0 spiro atoms. The number of aliphatic hydroxyl groups excluding tert-OH is 1. The van der Waals surface area contributed by atoms with Gasteiger partial charge in [0, 0.05) is 12.2 Å². The molecule has 0 saturated heterocycles. The maximum absolute atomic E-state index is 13.4. The van der Waals surface area contributed by atoms with Crippen LogP contribution in [-0.4, -0.2) is 17.3 Å². The molecule has 4 heteroatoms. The van der Waals surface area contributed by atoms with E-state index in [1.807, 2.05) is 0 Å². The Morgan fingerprint density at radius 2 is 2.00 bits per heavy atom. The molecule has 0 saturated carbocycles. The summed E-state index contributed by atoms with van der Waals surface area (Å²) in [4.78, 5) is 0. The molecule has 1 aromatic rings. The molecule has 0 bridgehead atoms. The third-order valence-corrected chi connectivity index (χ3v) is 2.45. The molecule has 0 fully saturated rings. The molecular weight excluding hydrogens is 214 g/mol. The fourth-order valence-electron chi connectivity index (χ4n) is 1.56. The zero-order chi connectivity index (χ0) is 12.3. The van der Waals surface area contributed by atoms with Crippen molar-refractivity contribution < 1.29 is 18.6 Å². The van der Waals surface area contributed by atoms with Gasteiger partial charge in [0.1, 0.15) is 6.10 Å². The zero-order valence-corrected chi connectivity index (χ0v) is 9.63. The minimum absolute atomic E-state index is 0.0848. The van der Waals surface area contributed by atoms with Crippen LogP contribution in [0.3, 0.4) is 0 Å². The normalized spacial score (nSPS) is 13.9. The number of aliphatic hydroxyl groups is 1. The quantitative estimate of drug-likeness (QED) is 0.861. The minimum atomic E-state index is -1.21. The summed E-state index contributed by atoms with van der Waals surface area (Å²) >= 11 is 0. The summed E-state index contributed by atoms with van der Waals surface area (Å²) in [7, 11) is 0. The Morgan fingerprint density at radius 1 is 1.38 bits per heavy atom. The van der Waals surface area contributed by atoms with Crippen molar-refractivity contribution in [3.8, 4) is 0 Å². The number of ether oxygens (including phenoxy) is 1. The second-order valence-corrected chi connectivity index (χ2v) is 4.08. The van der Waals surface area contributed by atoms with Crippen molar-refractivity contribution in [1.82, 2.24) is 0 Å². The van der Waals surface area contributed by atoms with Crippen LogP contribution in [0.15, 0.2) is 18.2 Å². The summed E-state index contributed by atoms with van der Waals surface area (Å²) in [6, 6.07) is 3.72. The van der Waals surface area contributed by atoms with Gasteiger partial charge >= 0.3 is 0 Å². The zero-order valence-electron chi connectivity index (χ0n) is 9.63. The highest BCUT2D eigenvalue weighted by atomic mass is 19.2. The van der Waals surface area contributed by atoms with E-state index in [-0.39, 0.29) is 5.56 Å². The van der Waals surface area contributed by atoms with Gasteiger partial charge in [0.15, 0.2) is 11.6 Å². The lowest BCUT2D eigenvalue weighted by Crippen LogP contribution is -2.33. The molecular formula is C12H16F2O2. The highest BCUT2D eigenvalue weighted by Gasteiger charge is 2.32. The number of hydrogen-bond donors (Lipinski definition) is 1. The first kappa shape index (κ1) is 13.1. The lowest BCUT2D eigenvalue weighted by atomic mass is 9.94. The Hall–Kier alpha value is -1.00. The molecule has 0 aliphatic rings. The standard InChI is InChI=1S/C12H16F2O2/c1-4-16-12(2,3)11(15)8-6-5-7-9(13)10(8)14/h5-7,11,15H,4H2,1-3H3. The molecule has 1 aromatic carbocycles. The fraction of sp³-hybridized carbons (Fsp3) is 0.500. The van der Waals surface area contributed by atoms with Crippen LogP contribution >= 0.6 is 0 Å². The first-order valence-corrected chi connectivity index (χ1v) is 5.16. The van der Waals surface area contributed by atoms with E-state index in [2.05, 4.69) is 0 Å². The van der Waals surface area contributed by atoms with E-state index >= 15 is 0 Å². The average molecular weight is 230 g/mol. The number of halogens is 2. The van der Waals surface area contributed by atoms with Crippen molar-refractivity contribution in [3.05, 3.63) is 35.4 Å². The van der Waals surface area contributed by atoms with Crippen LogP contribution < -0.4 is 0 Å².